The average molecular weight is 228 g/mol. The number of aromatic amines is 1. The van der Waals surface area contributed by atoms with Gasteiger partial charge in [-0.25, -0.2) is 13.6 Å². The Morgan fingerprint density at radius 2 is 2.19 bits per heavy atom. The highest BCUT2D eigenvalue weighted by Gasteiger charge is 2.30. The zero-order valence-electron chi connectivity index (χ0n) is 8.30. The molecule has 6 heteroatoms. The molecular formula is C10H10F2N2O2. The molecular weight excluding hydrogens is 218 g/mol. The van der Waals surface area contributed by atoms with Crippen molar-refractivity contribution >= 4 is 11.1 Å². The summed E-state index contributed by atoms with van der Waals surface area (Å²) in [5.74, 6) is -3.66. The summed E-state index contributed by atoms with van der Waals surface area (Å²) in [5.41, 5.74) is 5.43. The first-order valence-corrected chi connectivity index (χ1v) is 4.74. The number of H-pyrrole nitrogens is 1. The Morgan fingerprint density at radius 3 is 2.88 bits per heavy atom. The molecule has 0 bridgehead atoms. The van der Waals surface area contributed by atoms with Crippen LogP contribution in [-0.2, 0) is 5.92 Å². The van der Waals surface area contributed by atoms with E-state index in [0.29, 0.717) is 5.52 Å². The number of benzene rings is 1. The summed E-state index contributed by atoms with van der Waals surface area (Å²) in [6, 6.07) is 3.80. The van der Waals surface area contributed by atoms with Crippen molar-refractivity contribution in [2.45, 2.75) is 12.3 Å². The van der Waals surface area contributed by atoms with Crippen molar-refractivity contribution in [3.05, 3.63) is 34.3 Å². The van der Waals surface area contributed by atoms with Crippen LogP contribution in [-0.4, -0.2) is 11.5 Å². The SMILES string of the molecule is NCCC(F)(F)c1ccc2[nH]c(=O)oc2c1. The van der Waals surface area contributed by atoms with Crippen molar-refractivity contribution in [3.63, 3.8) is 0 Å². The van der Waals surface area contributed by atoms with Gasteiger partial charge in [-0.05, 0) is 18.7 Å². The van der Waals surface area contributed by atoms with Crippen molar-refractivity contribution in [3.8, 4) is 0 Å². The van der Waals surface area contributed by atoms with Crippen LogP contribution in [0.3, 0.4) is 0 Å². The lowest BCUT2D eigenvalue weighted by atomic mass is 10.1. The molecule has 16 heavy (non-hydrogen) atoms. The third-order valence-corrected chi connectivity index (χ3v) is 2.30. The molecule has 0 saturated carbocycles. The lowest BCUT2D eigenvalue weighted by molar-refractivity contribution is -0.0106. The van der Waals surface area contributed by atoms with Crippen LogP contribution < -0.4 is 11.5 Å². The molecule has 0 radical (unpaired) electrons. The van der Waals surface area contributed by atoms with Gasteiger partial charge in [-0.3, -0.25) is 4.98 Å². The third kappa shape index (κ3) is 1.83. The second-order valence-electron chi connectivity index (χ2n) is 3.47. The van der Waals surface area contributed by atoms with Gasteiger partial charge in [0.2, 0.25) is 0 Å². The minimum absolute atomic E-state index is 0.109. The van der Waals surface area contributed by atoms with Crippen molar-refractivity contribution in [2.24, 2.45) is 5.73 Å². The van der Waals surface area contributed by atoms with E-state index in [1.165, 1.54) is 12.1 Å². The number of hydrogen-bond acceptors (Lipinski definition) is 3. The Kier molecular flexibility index (Phi) is 2.51. The van der Waals surface area contributed by atoms with Gasteiger partial charge in [0.25, 0.3) is 5.92 Å². The minimum Gasteiger partial charge on any atom is -0.408 e. The Balaban J connectivity index is 2.49. The van der Waals surface area contributed by atoms with E-state index in [4.69, 9.17) is 10.2 Å². The Hall–Kier alpha value is -1.69. The molecule has 2 rings (SSSR count). The van der Waals surface area contributed by atoms with Gasteiger partial charge in [-0.15, -0.1) is 0 Å². The Labute approximate surface area is 89.1 Å². The second-order valence-corrected chi connectivity index (χ2v) is 3.47. The van der Waals surface area contributed by atoms with Gasteiger partial charge in [-0.2, -0.15) is 0 Å². The molecule has 2 aromatic rings. The van der Waals surface area contributed by atoms with Gasteiger partial charge in [-0.1, -0.05) is 6.07 Å². The highest BCUT2D eigenvalue weighted by molar-refractivity contribution is 5.72. The van der Waals surface area contributed by atoms with Crippen LogP contribution in [0.2, 0.25) is 0 Å². The van der Waals surface area contributed by atoms with E-state index in [0.717, 1.165) is 6.07 Å². The van der Waals surface area contributed by atoms with E-state index in [9.17, 15) is 13.6 Å². The maximum atomic E-state index is 13.5. The Bertz CT molecular complexity index is 559. The van der Waals surface area contributed by atoms with Gasteiger partial charge in [0.1, 0.15) is 0 Å². The van der Waals surface area contributed by atoms with Crippen molar-refractivity contribution in [1.29, 1.82) is 0 Å². The Morgan fingerprint density at radius 1 is 1.44 bits per heavy atom. The number of fused-ring (bicyclic) bond motifs is 1. The molecule has 0 aliphatic heterocycles. The fraction of sp³-hybridized carbons (Fsp3) is 0.300. The third-order valence-electron chi connectivity index (χ3n) is 2.30. The normalized spacial score (nSPS) is 12.2. The molecule has 1 heterocycles. The summed E-state index contributed by atoms with van der Waals surface area (Å²) in [5, 5.41) is 0. The molecule has 1 aromatic heterocycles. The van der Waals surface area contributed by atoms with E-state index >= 15 is 0 Å². The average Bonchev–Trinajstić information content (AvgIpc) is 2.56. The maximum absolute atomic E-state index is 13.5. The molecule has 0 spiro atoms. The van der Waals surface area contributed by atoms with E-state index < -0.39 is 18.1 Å². The number of halogens is 2. The molecule has 0 fully saturated rings. The number of rotatable bonds is 3. The van der Waals surface area contributed by atoms with Crippen molar-refractivity contribution in [2.75, 3.05) is 6.54 Å². The number of oxazole rings is 1. The standard InChI is InChI=1S/C10H10F2N2O2/c11-10(12,3-4-13)6-1-2-7-8(5-6)16-9(15)14-7/h1-2,5H,3-4,13H2,(H,14,15). The van der Waals surface area contributed by atoms with E-state index in [2.05, 4.69) is 4.98 Å². The number of alkyl halides is 2. The van der Waals surface area contributed by atoms with Crippen LogP contribution in [0.4, 0.5) is 8.78 Å². The summed E-state index contributed by atoms with van der Waals surface area (Å²) in [6.45, 7) is -0.109. The largest absolute Gasteiger partial charge is 0.417 e. The first-order valence-electron chi connectivity index (χ1n) is 4.74. The van der Waals surface area contributed by atoms with Crippen LogP contribution in [0, 0.1) is 0 Å². The van der Waals surface area contributed by atoms with Crippen LogP contribution in [0.1, 0.15) is 12.0 Å². The summed E-state index contributed by atoms with van der Waals surface area (Å²) >= 11 is 0. The molecule has 0 aliphatic rings. The zero-order valence-corrected chi connectivity index (χ0v) is 8.30. The quantitative estimate of drug-likeness (QED) is 0.837. The highest BCUT2D eigenvalue weighted by atomic mass is 19.3. The number of hydrogen-bond donors (Lipinski definition) is 2. The highest BCUT2D eigenvalue weighted by Crippen LogP contribution is 2.32. The molecule has 1 aromatic carbocycles. The molecule has 0 saturated heterocycles. The van der Waals surface area contributed by atoms with Gasteiger partial charge in [0.05, 0.1) is 5.52 Å². The first kappa shape index (κ1) is 10.8. The van der Waals surface area contributed by atoms with Crippen molar-refractivity contribution in [1.82, 2.24) is 4.98 Å². The van der Waals surface area contributed by atoms with E-state index in [1.54, 1.807) is 0 Å². The second kappa shape index (κ2) is 3.71. The zero-order chi connectivity index (χ0) is 11.8. The predicted molar refractivity (Wildman–Crippen MR) is 54.4 cm³/mol. The van der Waals surface area contributed by atoms with E-state index in [1.807, 2.05) is 0 Å². The van der Waals surface area contributed by atoms with Gasteiger partial charge < -0.3 is 10.2 Å². The molecule has 3 N–H and O–H groups in total. The summed E-state index contributed by atoms with van der Waals surface area (Å²) < 4.78 is 31.7. The van der Waals surface area contributed by atoms with E-state index in [-0.39, 0.29) is 17.7 Å². The fourth-order valence-electron chi connectivity index (χ4n) is 1.50. The number of nitrogens with one attached hydrogen (secondary N) is 1. The molecule has 4 nitrogen and oxygen atoms in total. The van der Waals surface area contributed by atoms with Gasteiger partial charge >= 0.3 is 5.76 Å². The smallest absolute Gasteiger partial charge is 0.408 e. The summed E-state index contributed by atoms with van der Waals surface area (Å²) in [7, 11) is 0. The number of aromatic nitrogens is 1. The van der Waals surface area contributed by atoms with Crippen LogP contribution in [0.25, 0.3) is 11.1 Å². The predicted octanol–water partition coefficient (Wildman–Crippen LogP) is 1.56. The topological polar surface area (TPSA) is 72.0 Å². The van der Waals surface area contributed by atoms with Gasteiger partial charge in [0, 0.05) is 12.0 Å². The lowest BCUT2D eigenvalue weighted by Gasteiger charge is -2.15. The monoisotopic (exact) mass is 228 g/mol. The maximum Gasteiger partial charge on any atom is 0.417 e. The number of nitrogens with two attached hydrogens (primary N) is 1. The van der Waals surface area contributed by atoms with Gasteiger partial charge in [0.15, 0.2) is 5.58 Å². The van der Waals surface area contributed by atoms with Crippen LogP contribution in [0.15, 0.2) is 27.4 Å². The molecule has 0 aliphatic carbocycles. The molecule has 0 unspecified atom stereocenters. The molecule has 0 atom stereocenters. The van der Waals surface area contributed by atoms with Crippen LogP contribution in [0.5, 0.6) is 0 Å². The molecule has 86 valence electrons. The van der Waals surface area contributed by atoms with Crippen LogP contribution >= 0.6 is 0 Å². The molecule has 0 amide bonds. The minimum atomic E-state index is -3.00. The fourth-order valence-corrected chi connectivity index (χ4v) is 1.50. The lowest BCUT2D eigenvalue weighted by Crippen LogP contribution is -2.18. The summed E-state index contributed by atoms with van der Waals surface area (Å²) in [4.78, 5) is 13.2. The van der Waals surface area contributed by atoms with Crippen molar-refractivity contribution < 1.29 is 13.2 Å². The summed E-state index contributed by atoms with van der Waals surface area (Å²) in [6.07, 6.45) is -0.437. The first-order chi connectivity index (χ1) is 7.53.